The summed E-state index contributed by atoms with van der Waals surface area (Å²) in [6.45, 7) is -1.40. The Morgan fingerprint density at radius 3 is 2.63 bits per heavy atom. The first kappa shape index (κ1) is 14.8. The van der Waals surface area contributed by atoms with E-state index in [9.17, 15) is 18.0 Å². The normalized spacial score (nSPS) is 10.9. The van der Waals surface area contributed by atoms with Gasteiger partial charge in [0.25, 0.3) is 0 Å². The van der Waals surface area contributed by atoms with Crippen LogP contribution in [0.5, 0.6) is 0 Å². The van der Waals surface area contributed by atoms with Crippen molar-refractivity contribution in [1.82, 2.24) is 5.32 Å². The van der Waals surface area contributed by atoms with E-state index in [0.29, 0.717) is 11.3 Å². The number of nitrogens with two attached hydrogens (primary N) is 1. The lowest BCUT2D eigenvalue weighted by atomic mass is 10.2. The van der Waals surface area contributed by atoms with Crippen LogP contribution in [-0.2, 0) is 0 Å². The van der Waals surface area contributed by atoms with E-state index < -0.39 is 18.8 Å². The fourth-order valence-corrected chi connectivity index (χ4v) is 1.29. The Bertz CT molecular complexity index is 487. The first-order chi connectivity index (χ1) is 8.70. The number of nitrogen functional groups attached to an aromatic ring is 1. The highest BCUT2D eigenvalue weighted by Gasteiger charge is 2.28. The summed E-state index contributed by atoms with van der Waals surface area (Å²) in [7, 11) is 1.32. The van der Waals surface area contributed by atoms with Crippen LogP contribution < -0.4 is 16.0 Å². The number of alkyl halides is 3. The van der Waals surface area contributed by atoms with Crippen molar-refractivity contribution in [3.63, 3.8) is 0 Å². The first-order valence-electron chi connectivity index (χ1n) is 5.23. The number of hydrogen-bond acceptors (Lipinski definition) is 2. The number of halogens is 3. The summed E-state index contributed by atoms with van der Waals surface area (Å²) in [5.41, 5.74) is 6.01. The fraction of sp³-hybridized carbons (Fsp3) is 0.273. The maximum absolute atomic E-state index is 12.0. The van der Waals surface area contributed by atoms with Gasteiger partial charge in [0, 0.05) is 18.3 Å². The first-order valence-corrected chi connectivity index (χ1v) is 5.23. The fourth-order valence-electron chi connectivity index (χ4n) is 1.29. The molecule has 0 spiro atoms. The molecule has 104 valence electrons. The Morgan fingerprint density at radius 2 is 2.11 bits per heavy atom. The molecule has 5 nitrogen and oxygen atoms in total. The van der Waals surface area contributed by atoms with Crippen LogP contribution in [0.3, 0.4) is 0 Å². The molecule has 2 amide bonds. The van der Waals surface area contributed by atoms with Gasteiger partial charge in [-0.05, 0) is 12.1 Å². The number of amides is 2. The molecule has 0 fully saturated rings. The van der Waals surface area contributed by atoms with Crippen molar-refractivity contribution in [2.45, 2.75) is 6.18 Å². The standard InChI is InChI=1S/C11H13F3N4O/c1-18(10(19)17-6-11(12,13)14)8-4-2-3-7(5-8)9(15)16/h2-5H,6H2,1H3,(H3,15,16)(H,17,19). The molecule has 1 aromatic carbocycles. The summed E-state index contributed by atoms with van der Waals surface area (Å²) in [5, 5.41) is 9.00. The summed E-state index contributed by atoms with van der Waals surface area (Å²) in [4.78, 5) is 12.5. The molecule has 0 saturated heterocycles. The highest BCUT2D eigenvalue weighted by molar-refractivity contribution is 5.97. The molecule has 0 aromatic heterocycles. The molecular weight excluding hydrogens is 261 g/mol. The number of anilines is 1. The lowest BCUT2D eigenvalue weighted by Gasteiger charge is -2.19. The van der Waals surface area contributed by atoms with Crippen LogP contribution in [0.15, 0.2) is 24.3 Å². The second-order valence-electron chi connectivity index (χ2n) is 3.80. The lowest BCUT2D eigenvalue weighted by molar-refractivity contribution is -0.122. The van der Waals surface area contributed by atoms with E-state index >= 15 is 0 Å². The summed E-state index contributed by atoms with van der Waals surface area (Å²) in [6.07, 6.45) is -4.46. The topological polar surface area (TPSA) is 82.2 Å². The zero-order chi connectivity index (χ0) is 14.6. The monoisotopic (exact) mass is 274 g/mol. The Morgan fingerprint density at radius 1 is 1.47 bits per heavy atom. The van der Waals surface area contributed by atoms with Crippen LogP contribution in [0.1, 0.15) is 5.56 Å². The van der Waals surface area contributed by atoms with Gasteiger partial charge in [-0.2, -0.15) is 13.2 Å². The minimum absolute atomic E-state index is 0.189. The second kappa shape index (κ2) is 5.59. The molecule has 1 aromatic rings. The van der Waals surface area contributed by atoms with E-state index in [0.717, 1.165) is 4.90 Å². The van der Waals surface area contributed by atoms with Crippen molar-refractivity contribution in [3.05, 3.63) is 29.8 Å². The van der Waals surface area contributed by atoms with Gasteiger partial charge in [0.2, 0.25) is 0 Å². The van der Waals surface area contributed by atoms with Gasteiger partial charge in [-0.1, -0.05) is 12.1 Å². The van der Waals surface area contributed by atoms with E-state index in [1.54, 1.807) is 17.4 Å². The van der Waals surface area contributed by atoms with Crippen LogP contribution >= 0.6 is 0 Å². The third kappa shape index (κ3) is 4.49. The van der Waals surface area contributed by atoms with E-state index in [2.05, 4.69) is 0 Å². The Hall–Kier alpha value is -2.25. The van der Waals surface area contributed by atoms with Gasteiger partial charge in [-0.3, -0.25) is 10.3 Å². The van der Waals surface area contributed by atoms with Crippen molar-refractivity contribution >= 4 is 17.6 Å². The molecule has 8 heteroatoms. The van der Waals surface area contributed by atoms with E-state index in [1.165, 1.54) is 19.2 Å². The van der Waals surface area contributed by atoms with Gasteiger partial charge in [0.15, 0.2) is 0 Å². The Labute approximate surface area is 107 Å². The number of hydrogen-bond donors (Lipinski definition) is 3. The summed E-state index contributed by atoms with van der Waals surface area (Å²) >= 11 is 0. The second-order valence-corrected chi connectivity index (χ2v) is 3.80. The number of benzene rings is 1. The van der Waals surface area contributed by atoms with Crippen molar-refractivity contribution in [2.75, 3.05) is 18.5 Å². The number of carbonyl (C=O) groups is 1. The Kier molecular flexibility index (Phi) is 4.36. The van der Waals surface area contributed by atoms with Crippen LogP contribution in [-0.4, -0.2) is 31.6 Å². The predicted molar refractivity (Wildman–Crippen MR) is 65.3 cm³/mol. The minimum Gasteiger partial charge on any atom is -0.384 e. The van der Waals surface area contributed by atoms with E-state index in [4.69, 9.17) is 11.1 Å². The largest absolute Gasteiger partial charge is 0.405 e. The zero-order valence-corrected chi connectivity index (χ0v) is 10.1. The molecule has 0 heterocycles. The quantitative estimate of drug-likeness (QED) is 0.579. The highest BCUT2D eigenvalue weighted by Crippen LogP contribution is 2.16. The molecule has 0 unspecified atom stereocenters. The Balaban J connectivity index is 2.77. The van der Waals surface area contributed by atoms with Crippen LogP contribution in [0.4, 0.5) is 23.7 Å². The van der Waals surface area contributed by atoms with Gasteiger partial charge in [0.05, 0.1) is 0 Å². The van der Waals surface area contributed by atoms with Gasteiger partial charge >= 0.3 is 12.2 Å². The third-order valence-corrected chi connectivity index (χ3v) is 2.29. The predicted octanol–water partition coefficient (Wildman–Crippen LogP) is 1.68. The van der Waals surface area contributed by atoms with Gasteiger partial charge in [-0.15, -0.1) is 0 Å². The number of nitrogens with zero attached hydrogens (tertiary/aromatic N) is 1. The summed E-state index contributed by atoms with van der Waals surface area (Å²) in [5.74, 6) is -0.189. The molecule has 0 aliphatic rings. The number of urea groups is 1. The van der Waals surface area contributed by atoms with Crippen molar-refractivity contribution in [2.24, 2.45) is 5.73 Å². The summed E-state index contributed by atoms with van der Waals surface area (Å²) in [6, 6.07) is 5.19. The van der Waals surface area contributed by atoms with E-state index in [1.807, 2.05) is 0 Å². The molecule has 0 atom stereocenters. The SMILES string of the molecule is CN(C(=O)NCC(F)(F)F)c1cccc(C(=N)N)c1. The highest BCUT2D eigenvalue weighted by atomic mass is 19.4. The van der Waals surface area contributed by atoms with Crippen LogP contribution in [0.2, 0.25) is 0 Å². The molecule has 4 N–H and O–H groups in total. The average Bonchev–Trinajstić information content (AvgIpc) is 2.34. The van der Waals surface area contributed by atoms with Crippen LogP contribution in [0, 0.1) is 5.41 Å². The molecule has 0 bridgehead atoms. The molecule has 0 aliphatic heterocycles. The lowest BCUT2D eigenvalue weighted by Crippen LogP contribution is -2.42. The summed E-state index contributed by atoms with van der Waals surface area (Å²) < 4.78 is 35.9. The van der Waals surface area contributed by atoms with Crippen molar-refractivity contribution < 1.29 is 18.0 Å². The number of rotatable bonds is 3. The average molecular weight is 274 g/mol. The van der Waals surface area contributed by atoms with Gasteiger partial charge in [0.1, 0.15) is 12.4 Å². The molecule has 1 rings (SSSR count). The van der Waals surface area contributed by atoms with Gasteiger partial charge in [-0.25, -0.2) is 4.79 Å². The molecule has 0 radical (unpaired) electrons. The third-order valence-electron chi connectivity index (χ3n) is 2.29. The number of amidine groups is 1. The van der Waals surface area contributed by atoms with Crippen LogP contribution in [0.25, 0.3) is 0 Å². The van der Waals surface area contributed by atoms with Crippen molar-refractivity contribution in [1.29, 1.82) is 5.41 Å². The van der Waals surface area contributed by atoms with Gasteiger partial charge < -0.3 is 11.1 Å². The molecular formula is C11H13F3N4O. The molecule has 0 aliphatic carbocycles. The minimum atomic E-state index is -4.46. The molecule has 0 saturated carbocycles. The maximum atomic E-state index is 12.0. The maximum Gasteiger partial charge on any atom is 0.405 e. The number of nitrogens with one attached hydrogen (secondary N) is 2. The smallest absolute Gasteiger partial charge is 0.384 e. The van der Waals surface area contributed by atoms with Crippen molar-refractivity contribution in [3.8, 4) is 0 Å². The number of carbonyl (C=O) groups excluding carboxylic acids is 1. The van der Waals surface area contributed by atoms with E-state index in [-0.39, 0.29) is 5.84 Å². The zero-order valence-electron chi connectivity index (χ0n) is 10.1. The molecule has 19 heavy (non-hydrogen) atoms.